The fourth-order valence-electron chi connectivity index (χ4n) is 2.37. The predicted octanol–water partition coefficient (Wildman–Crippen LogP) is 3.94. The topological polar surface area (TPSA) is 113 Å². The molecular weight excluding hydrogens is 446 g/mol. The van der Waals surface area contributed by atoms with Crippen molar-refractivity contribution in [2.24, 2.45) is 0 Å². The minimum Gasteiger partial charge on any atom is -0.332 e. The van der Waals surface area contributed by atoms with Crippen LogP contribution in [-0.2, 0) is 10.0 Å². The molecular formula is C19H16ClN5O3S2. The van der Waals surface area contributed by atoms with Gasteiger partial charge in [0.25, 0.3) is 10.0 Å². The number of hydrogen-bond acceptors (Lipinski definition) is 6. The third-order valence-corrected chi connectivity index (χ3v) is 5.62. The van der Waals surface area contributed by atoms with Crippen molar-refractivity contribution >= 4 is 61.9 Å². The van der Waals surface area contributed by atoms with Crippen molar-refractivity contribution in [3.63, 3.8) is 0 Å². The summed E-state index contributed by atoms with van der Waals surface area (Å²) in [6, 6.07) is 15.7. The van der Waals surface area contributed by atoms with Crippen LogP contribution >= 0.6 is 23.8 Å². The molecule has 3 aromatic rings. The minimum absolute atomic E-state index is 0.0186. The molecule has 0 bridgehead atoms. The molecule has 0 saturated carbocycles. The van der Waals surface area contributed by atoms with Crippen LogP contribution in [0.15, 0.2) is 65.6 Å². The van der Waals surface area contributed by atoms with Gasteiger partial charge in [-0.25, -0.2) is 8.42 Å². The van der Waals surface area contributed by atoms with E-state index in [1.807, 2.05) is 0 Å². The van der Waals surface area contributed by atoms with Crippen molar-refractivity contribution in [1.82, 2.24) is 10.2 Å². The number of hydrogen-bond donors (Lipinski definition) is 3. The molecule has 8 nitrogen and oxygen atoms in total. The van der Waals surface area contributed by atoms with Gasteiger partial charge in [0, 0.05) is 16.9 Å². The van der Waals surface area contributed by atoms with Crippen LogP contribution < -0.4 is 15.4 Å². The lowest BCUT2D eigenvalue weighted by Crippen LogP contribution is -2.19. The third-order valence-electron chi connectivity index (χ3n) is 3.84. The molecule has 154 valence electrons. The first-order valence-corrected chi connectivity index (χ1v) is 10.8. The quantitative estimate of drug-likeness (QED) is 0.373. The van der Waals surface area contributed by atoms with Crippen LogP contribution in [0.3, 0.4) is 0 Å². The fourth-order valence-corrected chi connectivity index (χ4v) is 3.70. The van der Waals surface area contributed by atoms with Gasteiger partial charge in [-0.1, -0.05) is 11.6 Å². The molecule has 0 amide bonds. The van der Waals surface area contributed by atoms with Gasteiger partial charge >= 0.3 is 0 Å². The van der Waals surface area contributed by atoms with E-state index in [-0.39, 0.29) is 21.6 Å². The number of aromatic nitrogens is 2. The fraction of sp³-hybridized carbons (Fsp3) is 0.0526. The van der Waals surface area contributed by atoms with E-state index in [9.17, 15) is 13.2 Å². The number of rotatable bonds is 6. The standard InChI is InChI=1S/C19H16ClN5O3S2/c1-12(26)13-2-4-14(5-3-13)21-19(29)22-15-6-8-16(9-7-15)30(27,28)25-18-11-10-17(20)23-24-18/h2-11H,1H3,(H,24,25)(H2,21,22,29). The highest BCUT2D eigenvalue weighted by Crippen LogP contribution is 2.18. The average molecular weight is 462 g/mol. The lowest BCUT2D eigenvalue weighted by molar-refractivity contribution is 0.101. The van der Waals surface area contributed by atoms with E-state index in [4.69, 9.17) is 23.8 Å². The highest BCUT2D eigenvalue weighted by atomic mass is 35.5. The Morgan fingerprint density at radius 1 is 0.900 bits per heavy atom. The van der Waals surface area contributed by atoms with Gasteiger partial charge in [-0.15, -0.1) is 10.2 Å². The summed E-state index contributed by atoms with van der Waals surface area (Å²) in [7, 11) is -3.83. The Morgan fingerprint density at radius 2 is 1.47 bits per heavy atom. The molecule has 1 heterocycles. The summed E-state index contributed by atoms with van der Waals surface area (Å²) >= 11 is 10.9. The van der Waals surface area contributed by atoms with Gasteiger partial charge in [0.15, 0.2) is 21.9 Å². The molecule has 1 aromatic heterocycles. The lowest BCUT2D eigenvalue weighted by atomic mass is 10.1. The molecule has 0 aliphatic rings. The maximum absolute atomic E-state index is 12.4. The van der Waals surface area contributed by atoms with Crippen LogP contribution in [0.5, 0.6) is 0 Å². The summed E-state index contributed by atoms with van der Waals surface area (Å²) in [4.78, 5) is 11.4. The van der Waals surface area contributed by atoms with Gasteiger partial charge in [0.1, 0.15) is 0 Å². The van der Waals surface area contributed by atoms with Crippen LogP contribution in [0.1, 0.15) is 17.3 Å². The number of ketones is 1. The van der Waals surface area contributed by atoms with Crippen molar-refractivity contribution < 1.29 is 13.2 Å². The van der Waals surface area contributed by atoms with Gasteiger partial charge in [0.2, 0.25) is 0 Å². The highest BCUT2D eigenvalue weighted by molar-refractivity contribution is 7.92. The van der Waals surface area contributed by atoms with Gasteiger partial charge in [0.05, 0.1) is 4.90 Å². The van der Waals surface area contributed by atoms with Crippen molar-refractivity contribution in [3.8, 4) is 0 Å². The molecule has 30 heavy (non-hydrogen) atoms. The zero-order chi connectivity index (χ0) is 21.7. The van der Waals surface area contributed by atoms with E-state index in [1.165, 1.54) is 31.2 Å². The largest absolute Gasteiger partial charge is 0.332 e. The average Bonchev–Trinajstić information content (AvgIpc) is 2.70. The van der Waals surface area contributed by atoms with E-state index in [0.717, 1.165) is 0 Å². The van der Waals surface area contributed by atoms with E-state index < -0.39 is 10.0 Å². The monoisotopic (exact) mass is 461 g/mol. The van der Waals surface area contributed by atoms with E-state index in [2.05, 4.69) is 25.6 Å². The second-order valence-electron chi connectivity index (χ2n) is 6.08. The predicted molar refractivity (Wildman–Crippen MR) is 121 cm³/mol. The van der Waals surface area contributed by atoms with Crippen molar-refractivity contribution in [2.75, 3.05) is 15.4 Å². The van der Waals surface area contributed by atoms with Crippen molar-refractivity contribution in [3.05, 3.63) is 71.4 Å². The molecule has 0 atom stereocenters. The molecule has 11 heteroatoms. The third kappa shape index (κ3) is 5.72. The Kier molecular flexibility index (Phi) is 6.60. The maximum atomic E-state index is 12.4. The number of anilines is 3. The van der Waals surface area contributed by atoms with Gasteiger partial charge in [-0.05, 0) is 79.8 Å². The second kappa shape index (κ2) is 9.16. The number of thiocarbonyl (C=S) groups is 1. The van der Waals surface area contributed by atoms with Gasteiger partial charge in [-0.3, -0.25) is 9.52 Å². The highest BCUT2D eigenvalue weighted by Gasteiger charge is 2.15. The molecule has 0 saturated heterocycles. The van der Waals surface area contributed by atoms with Gasteiger partial charge in [-0.2, -0.15) is 0 Å². The Labute approximate surface area is 183 Å². The van der Waals surface area contributed by atoms with E-state index >= 15 is 0 Å². The first-order valence-electron chi connectivity index (χ1n) is 8.54. The number of nitrogens with zero attached hydrogens (tertiary/aromatic N) is 2. The van der Waals surface area contributed by atoms with Crippen LogP contribution in [0.2, 0.25) is 5.15 Å². The molecule has 2 aromatic carbocycles. The van der Waals surface area contributed by atoms with Crippen molar-refractivity contribution in [1.29, 1.82) is 0 Å². The summed E-state index contributed by atoms with van der Waals surface area (Å²) in [6.07, 6.45) is 0. The van der Waals surface area contributed by atoms with Crippen LogP contribution in [0, 0.1) is 0 Å². The molecule has 0 unspecified atom stereocenters. The van der Waals surface area contributed by atoms with Crippen LogP contribution in [0.25, 0.3) is 0 Å². The van der Waals surface area contributed by atoms with E-state index in [0.29, 0.717) is 22.1 Å². The van der Waals surface area contributed by atoms with Crippen LogP contribution in [-0.4, -0.2) is 29.5 Å². The molecule has 3 rings (SSSR count). The number of sulfonamides is 1. The van der Waals surface area contributed by atoms with Gasteiger partial charge < -0.3 is 10.6 Å². The normalized spacial score (nSPS) is 10.9. The maximum Gasteiger partial charge on any atom is 0.263 e. The molecule has 0 aliphatic heterocycles. The number of halogens is 1. The first kappa shape index (κ1) is 21.6. The smallest absolute Gasteiger partial charge is 0.263 e. The number of nitrogens with one attached hydrogen (secondary N) is 3. The number of carbonyl (C=O) groups is 1. The summed E-state index contributed by atoms with van der Waals surface area (Å²) < 4.78 is 27.2. The summed E-state index contributed by atoms with van der Waals surface area (Å²) in [5.41, 5.74) is 1.91. The van der Waals surface area contributed by atoms with Crippen molar-refractivity contribution in [2.45, 2.75) is 11.8 Å². The second-order valence-corrected chi connectivity index (χ2v) is 8.56. The minimum atomic E-state index is -3.83. The zero-order valence-corrected chi connectivity index (χ0v) is 18.0. The number of Topliss-reactive ketones (excluding diaryl/α,β-unsaturated/α-hetero) is 1. The SMILES string of the molecule is CC(=O)c1ccc(NC(=S)Nc2ccc(S(=O)(=O)Nc3ccc(Cl)nn3)cc2)cc1. The Bertz CT molecular complexity index is 1170. The molecule has 0 radical (unpaired) electrons. The summed E-state index contributed by atoms with van der Waals surface area (Å²) in [6.45, 7) is 1.50. The molecule has 3 N–H and O–H groups in total. The van der Waals surface area contributed by atoms with Crippen LogP contribution in [0.4, 0.5) is 17.2 Å². The Balaban J connectivity index is 1.62. The summed E-state index contributed by atoms with van der Waals surface area (Å²) in [5, 5.41) is 13.7. The number of benzene rings is 2. The number of carbonyl (C=O) groups excluding carboxylic acids is 1. The molecule has 0 spiro atoms. The summed E-state index contributed by atoms with van der Waals surface area (Å²) in [5.74, 6) is 0.0395. The molecule has 0 fully saturated rings. The first-order chi connectivity index (χ1) is 14.2. The molecule has 0 aliphatic carbocycles. The Hall–Kier alpha value is -3.08. The Morgan fingerprint density at radius 3 is 1.97 bits per heavy atom. The lowest BCUT2D eigenvalue weighted by Gasteiger charge is -2.12. The van der Waals surface area contributed by atoms with E-state index in [1.54, 1.807) is 36.4 Å². The zero-order valence-electron chi connectivity index (χ0n) is 15.6.